The molecule has 2 aromatic rings. The highest BCUT2D eigenvalue weighted by Crippen LogP contribution is 2.36. The Balaban J connectivity index is 2.46. The molecule has 0 aliphatic carbocycles. The molecular weight excluding hydrogens is 339 g/mol. The number of thiophene rings is 1. The van der Waals surface area contributed by atoms with E-state index in [1.807, 2.05) is 0 Å². The van der Waals surface area contributed by atoms with Crippen molar-refractivity contribution < 1.29 is 8.42 Å². The first-order chi connectivity index (χ1) is 9.20. The first-order valence-electron chi connectivity index (χ1n) is 5.55. The Morgan fingerprint density at radius 3 is 2.15 bits per heavy atom. The molecule has 0 saturated carbocycles. The van der Waals surface area contributed by atoms with Gasteiger partial charge in [0.15, 0.2) is 0 Å². The van der Waals surface area contributed by atoms with Crippen molar-refractivity contribution in [3.8, 4) is 0 Å². The monoisotopic (exact) mass is 350 g/mol. The number of benzene rings is 1. The maximum Gasteiger partial charge on any atom is 0.264 e. The first kappa shape index (κ1) is 15.4. The van der Waals surface area contributed by atoms with Gasteiger partial charge in [0.1, 0.15) is 9.23 Å². The van der Waals surface area contributed by atoms with E-state index in [1.54, 1.807) is 26.0 Å². The second-order valence-corrected chi connectivity index (χ2v) is 8.26. The van der Waals surface area contributed by atoms with Crippen LogP contribution in [-0.4, -0.2) is 8.42 Å². The van der Waals surface area contributed by atoms with Gasteiger partial charge in [0.2, 0.25) is 0 Å². The smallest absolute Gasteiger partial charge is 0.264 e. The minimum absolute atomic E-state index is 0.0233. The largest absolute Gasteiger partial charge is 0.399 e. The SMILES string of the molecule is Cc1cc(N)cc(C)c1NS(=O)(=O)c1cc(Cl)sc1Cl. The van der Waals surface area contributed by atoms with E-state index in [1.165, 1.54) is 6.07 Å². The second-order valence-electron chi connectivity index (χ2n) is 4.32. The van der Waals surface area contributed by atoms with Crippen molar-refractivity contribution in [3.05, 3.63) is 38.0 Å². The van der Waals surface area contributed by atoms with Crippen molar-refractivity contribution in [3.63, 3.8) is 0 Å². The fourth-order valence-electron chi connectivity index (χ4n) is 1.86. The number of nitrogens with two attached hydrogens (primary N) is 1. The van der Waals surface area contributed by atoms with Crippen LogP contribution >= 0.6 is 34.5 Å². The summed E-state index contributed by atoms with van der Waals surface area (Å²) in [6.07, 6.45) is 0. The van der Waals surface area contributed by atoms with Crippen molar-refractivity contribution in [1.82, 2.24) is 0 Å². The van der Waals surface area contributed by atoms with Gasteiger partial charge in [-0.1, -0.05) is 23.2 Å². The molecule has 1 heterocycles. The molecule has 0 saturated heterocycles. The molecule has 1 aromatic carbocycles. The molecule has 20 heavy (non-hydrogen) atoms. The summed E-state index contributed by atoms with van der Waals surface area (Å²) in [4.78, 5) is -0.0233. The summed E-state index contributed by atoms with van der Waals surface area (Å²) in [6.45, 7) is 3.56. The Hall–Kier alpha value is -0.950. The van der Waals surface area contributed by atoms with Crippen molar-refractivity contribution in [2.75, 3.05) is 10.5 Å². The van der Waals surface area contributed by atoms with E-state index in [0.29, 0.717) is 15.7 Å². The number of nitrogen functional groups attached to an aromatic ring is 1. The van der Waals surface area contributed by atoms with Crippen LogP contribution in [0.2, 0.25) is 8.67 Å². The van der Waals surface area contributed by atoms with E-state index in [9.17, 15) is 8.42 Å². The third kappa shape index (κ3) is 3.03. The van der Waals surface area contributed by atoms with Gasteiger partial charge in [0, 0.05) is 5.69 Å². The lowest BCUT2D eigenvalue weighted by Gasteiger charge is -2.13. The second kappa shape index (κ2) is 5.44. The zero-order valence-electron chi connectivity index (χ0n) is 10.7. The lowest BCUT2D eigenvalue weighted by atomic mass is 10.1. The topological polar surface area (TPSA) is 72.2 Å². The Morgan fingerprint density at radius 1 is 1.15 bits per heavy atom. The van der Waals surface area contributed by atoms with E-state index in [2.05, 4.69) is 4.72 Å². The van der Waals surface area contributed by atoms with E-state index in [4.69, 9.17) is 28.9 Å². The summed E-state index contributed by atoms with van der Waals surface area (Å²) in [5.74, 6) is 0. The summed E-state index contributed by atoms with van der Waals surface area (Å²) in [7, 11) is -3.78. The minimum Gasteiger partial charge on any atom is -0.399 e. The fourth-order valence-corrected chi connectivity index (χ4v) is 5.21. The summed E-state index contributed by atoms with van der Waals surface area (Å²) in [5.41, 5.74) is 8.28. The molecule has 0 aliphatic heterocycles. The third-order valence-electron chi connectivity index (χ3n) is 2.71. The molecule has 0 unspecified atom stereocenters. The molecule has 8 heteroatoms. The van der Waals surface area contributed by atoms with Crippen LogP contribution in [0.3, 0.4) is 0 Å². The number of hydrogen-bond acceptors (Lipinski definition) is 4. The lowest BCUT2D eigenvalue weighted by molar-refractivity contribution is 0.601. The van der Waals surface area contributed by atoms with Gasteiger partial charge in [-0.05, 0) is 43.2 Å². The highest BCUT2D eigenvalue weighted by atomic mass is 35.5. The molecule has 108 valence electrons. The van der Waals surface area contributed by atoms with E-state index >= 15 is 0 Å². The van der Waals surface area contributed by atoms with Crippen LogP contribution in [0.5, 0.6) is 0 Å². The average Bonchev–Trinajstić information content (AvgIpc) is 2.64. The first-order valence-corrected chi connectivity index (χ1v) is 8.60. The van der Waals surface area contributed by atoms with Gasteiger partial charge in [0.25, 0.3) is 10.0 Å². The van der Waals surface area contributed by atoms with Crippen LogP contribution in [0.4, 0.5) is 11.4 Å². The van der Waals surface area contributed by atoms with Crippen molar-refractivity contribution >= 4 is 55.9 Å². The standard InChI is InChI=1S/C12H12Cl2N2O2S2/c1-6-3-8(15)4-7(2)11(6)16-20(17,18)9-5-10(13)19-12(9)14/h3-5,16H,15H2,1-2H3. The van der Waals surface area contributed by atoms with Gasteiger partial charge < -0.3 is 5.73 Å². The molecular formula is C12H12Cl2N2O2S2. The van der Waals surface area contributed by atoms with Crippen LogP contribution < -0.4 is 10.5 Å². The Bertz CT molecular complexity index is 747. The molecule has 4 nitrogen and oxygen atoms in total. The minimum atomic E-state index is -3.78. The highest BCUT2D eigenvalue weighted by Gasteiger charge is 2.22. The van der Waals surface area contributed by atoms with Crippen molar-refractivity contribution in [2.45, 2.75) is 18.7 Å². The number of anilines is 2. The third-order valence-corrected chi connectivity index (χ3v) is 5.81. The molecule has 3 N–H and O–H groups in total. The maximum atomic E-state index is 12.3. The number of halogens is 2. The van der Waals surface area contributed by atoms with Crippen LogP contribution in [-0.2, 0) is 10.0 Å². The number of rotatable bonds is 3. The van der Waals surface area contributed by atoms with E-state index < -0.39 is 10.0 Å². The molecule has 2 rings (SSSR count). The maximum absolute atomic E-state index is 12.3. The number of nitrogens with one attached hydrogen (secondary N) is 1. The molecule has 0 aliphatic rings. The summed E-state index contributed by atoms with van der Waals surface area (Å²) >= 11 is 12.7. The fraction of sp³-hybridized carbons (Fsp3) is 0.167. The summed E-state index contributed by atoms with van der Waals surface area (Å²) in [5, 5.41) is 0. The number of sulfonamides is 1. The molecule has 0 radical (unpaired) electrons. The van der Waals surface area contributed by atoms with Gasteiger partial charge >= 0.3 is 0 Å². The normalized spacial score (nSPS) is 11.6. The Kier molecular flexibility index (Phi) is 4.20. The quantitative estimate of drug-likeness (QED) is 0.820. The van der Waals surface area contributed by atoms with Gasteiger partial charge in [-0.3, -0.25) is 4.72 Å². The molecule has 1 aromatic heterocycles. The number of aryl methyl sites for hydroxylation is 2. The van der Waals surface area contributed by atoms with Crippen molar-refractivity contribution in [2.24, 2.45) is 0 Å². The molecule has 0 spiro atoms. The predicted molar refractivity (Wildman–Crippen MR) is 85.5 cm³/mol. The van der Waals surface area contributed by atoms with Gasteiger partial charge in [-0.15, -0.1) is 11.3 Å². The van der Waals surface area contributed by atoms with E-state index in [-0.39, 0.29) is 9.23 Å². The predicted octanol–water partition coefficient (Wildman–Crippen LogP) is 4.05. The summed E-state index contributed by atoms with van der Waals surface area (Å²) in [6, 6.07) is 4.74. The van der Waals surface area contributed by atoms with E-state index in [0.717, 1.165) is 22.5 Å². The Morgan fingerprint density at radius 2 is 1.70 bits per heavy atom. The Labute approximate surface area is 131 Å². The van der Waals surface area contributed by atoms with Crippen LogP contribution in [0.15, 0.2) is 23.1 Å². The van der Waals surface area contributed by atoms with Crippen LogP contribution in [0.1, 0.15) is 11.1 Å². The van der Waals surface area contributed by atoms with Gasteiger partial charge in [0.05, 0.1) is 10.0 Å². The molecule has 0 amide bonds. The molecule has 0 atom stereocenters. The lowest BCUT2D eigenvalue weighted by Crippen LogP contribution is -2.14. The van der Waals surface area contributed by atoms with Gasteiger partial charge in [-0.2, -0.15) is 0 Å². The zero-order valence-corrected chi connectivity index (χ0v) is 13.8. The van der Waals surface area contributed by atoms with Crippen LogP contribution in [0, 0.1) is 13.8 Å². The summed E-state index contributed by atoms with van der Waals surface area (Å²) < 4.78 is 27.7. The average molecular weight is 351 g/mol. The van der Waals surface area contributed by atoms with Crippen molar-refractivity contribution in [1.29, 1.82) is 0 Å². The zero-order chi connectivity index (χ0) is 15.1. The number of hydrogen-bond donors (Lipinski definition) is 2. The molecule has 0 bridgehead atoms. The van der Waals surface area contributed by atoms with Crippen LogP contribution in [0.25, 0.3) is 0 Å². The highest BCUT2D eigenvalue weighted by molar-refractivity contribution is 7.93. The molecule has 0 fully saturated rings. The van der Waals surface area contributed by atoms with Gasteiger partial charge in [-0.25, -0.2) is 8.42 Å².